The number of sulfonamides is 1. The molecule has 0 bridgehead atoms. The summed E-state index contributed by atoms with van der Waals surface area (Å²) in [5.74, 6) is 0. The molecule has 0 atom stereocenters. The maximum Gasteiger partial charge on any atom is 0.244 e. The van der Waals surface area contributed by atoms with Crippen LogP contribution in [0.4, 0.5) is 0 Å². The Hall–Kier alpha value is -0.100. The van der Waals surface area contributed by atoms with E-state index in [1.165, 1.54) is 10.4 Å². The molecule has 0 fully saturated rings. The van der Waals surface area contributed by atoms with Gasteiger partial charge in [0.05, 0.1) is 4.90 Å². The second-order valence-electron chi connectivity index (χ2n) is 3.62. The van der Waals surface area contributed by atoms with Gasteiger partial charge in [0.15, 0.2) is 0 Å². The van der Waals surface area contributed by atoms with Crippen molar-refractivity contribution in [2.24, 2.45) is 0 Å². The van der Waals surface area contributed by atoms with Crippen molar-refractivity contribution in [2.75, 3.05) is 13.1 Å². The van der Waals surface area contributed by atoms with Crippen molar-refractivity contribution in [2.45, 2.75) is 25.7 Å². The molecular weight excluding hydrogens is 326 g/mol. The molecule has 3 nitrogen and oxygen atoms in total. The van der Waals surface area contributed by atoms with E-state index in [9.17, 15) is 8.42 Å². The zero-order valence-electron chi connectivity index (χ0n) is 10.00. The van der Waals surface area contributed by atoms with Crippen LogP contribution >= 0.6 is 27.5 Å². The largest absolute Gasteiger partial charge is 0.244 e. The Labute approximate surface area is 116 Å². The van der Waals surface area contributed by atoms with E-state index in [0.717, 1.165) is 5.56 Å². The van der Waals surface area contributed by atoms with Crippen molar-refractivity contribution in [3.05, 3.63) is 27.2 Å². The summed E-state index contributed by atoms with van der Waals surface area (Å²) in [7, 11) is -3.47. The Balaban J connectivity index is 3.38. The van der Waals surface area contributed by atoms with Crippen LogP contribution in [0.15, 0.2) is 21.5 Å². The average Bonchev–Trinajstić information content (AvgIpc) is 2.24. The summed E-state index contributed by atoms with van der Waals surface area (Å²) in [6.45, 7) is 6.34. The summed E-state index contributed by atoms with van der Waals surface area (Å²) < 4.78 is 26.6. The van der Waals surface area contributed by atoms with Gasteiger partial charge in [-0.1, -0.05) is 25.4 Å². The van der Waals surface area contributed by atoms with E-state index in [2.05, 4.69) is 15.9 Å². The minimum atomic E-state index is -3.47. The van der Waals surface area contributed by atoms with Crippen LogP contribution in [-0.4, -0.2) is 25.8 Å². The van der Waals surface area contributed by atoms with Crippen LogP contribution in [0.2, 0.25) is 5.02 Å². The predicted molar refractivity (Wildman–Crippen MR) is 74.0 cm³/mol. The summed E-state index contributed by atoms with van der Waals surface area (Å²) in [4.78, 5) is 0.219. The summed E-state index contributed by atoms with van der Waals surface area (Å²) in [5, 5.41) is 0.457. The molecule has 0 unspecified atom stereocenters. The summed E-state index contributed by atoms with van der Waals surface area (Å²) in [5.41, 5.74) is 0.844. The van der Waals surface area contributed by atoms with E-state index in [1.54, 1.807) is 6.07 Å². The molecule has 1 aromatic carbocycles. The van der Waals surface area contributed by atoms with E-state index < -0.39 is 10.0 Å². The van der Waals surface area contributed by atoms with Crippen molar-refractivity contribution >= 4 is 37.6 Å². The maximum atomic E-state index is 12.3. The van der Waals surface area contributed by atoms with Crippen LogP contribution in [0.1, 0.15) is 19.4 Å². The first-order valence-electron chi connectivity index (χ1n) is 5.30. The van der Waals surface area contributed by atoms with Gasteiger partial charge in [-0.05, 0) is 40.5 Å². The highest BCUT2D eigenvalue weighted by molar-refractivity contribution is 9.10. The number of benzene rings is 1. The minimum absolute atomic E-state index is 0.219. The summed E-state index contributed by atoms with van der Waals surface area (Å²) in [6, 6.07) is 3.22. The molecule has 0 saturated heterocycles. The molecule has 0 amide bonds. The van der Waals surface area contributed by atoms with Gasteiger partial charge in [-0.15, -0.1) is 0 Å². The highest BCUT2D eigenvalue weighted by atomic mass is 79.9. The standard InChI is InChI=1S/C11H15BrClNO2S/c1-4-14(5-2)17(15,16)11-7-10(13)8(3)6-9(11)12/h6-7H,4-5H2,1-3H3. The molecule has 0 aliphatic rings. The molecule has 0 saturated carbocycles. The average molecular weight is 341 g/mol. The second-order valence-corrected chi connectivity index (χ2v) is 6.79. The number of rotatable bonds is 4. The highest BCUT2D eigenvalue weighted by Crippen LogP contribution is 2.30. The van der Waals surface area contributed by atoms with Crippen LogP contribution in [0, 0.1) is 6.92 Å². The Morgan fingerprint density at radius 1 is 1.29 bits per heavy atom. The topological polar surface area (TPSA) is 37.4 Å². The van der Waals surface area contributed by atoms with Crippen molar-refractivity contribution in [1.29, 1.82) is 0 Å². The van der Waals surface area contributed by atoms with Gasteiger partial charge in [0.1, 0.15) is 0 Å². The predicted octanol–water partition coefficient (Wildman–Crippen LogP) is 3.44. The Bertz CT molecular complexity index is 512. The zero-order valence-corrected chi connectivity index (χ0v) is 13.2. The normalized spacial score (nSPS) is 12.1. The first kappa shape index (κ1) is 15.0. The number of hydrogen-bond acceptors (Lipinski definition) is 2. The molecule has 0 aliphatic heterocycles. The van der Waals surface area contributed by atoms with E-state index in [4.69, 9.17) is 11.6 Å². The molecule has 0 N–H and O–H groups in total. The van der Waals surface area contributed by atoms with Gasteiger partial charge in [-0.3, -0.25) is 0 Å². The fraction of sp³-hybridized carbons (Fsp3) is 0.455. The van der Waals surface area contributed by atoms with Gasteiger partial charge < -0.3 is 0 Å². The number of aryl methyl sites for hydroxylation is 1. The third kappa shape index (κ3) is 3.02. The molecule has 1 rings (SSSR count). The molecule has 0 radical (unpaired) electrons. The van der Waals surface area contributed by atoms with E-state index >= 15 is 0 Å². The van der Waals surface area contributed by atoms with Crippen molar-refractivity contribution < 1.29 is 8.42 Å². The van der Waals surface area contributed by atoms with Gasteiger partial charge in [-0.2, -0.15) is 4.31 Å². The minimum Gasteiger partial charge on any atom is -0.207 e. The van der Waals surface area contributed by atoms with E-state index in [-0.39, 0.29) is 4.90 Å². The first-order valence-corrected chi connectivity index (χ1v) is 7.91. The van der Waals surface area contributed by atoms with Crippen molar-refractivity contribution in [3.63, 3.8) is 0 Å². The lowest BCUT2D eigenvalue weighted by atomic mass is 10.2. The number of nitrogens with zero attached hydrogens (tertiary/aromatic N) is 1. The first-order chi connectivity index (χ1) is 7.84. The third-order valence-electron chi connectivity index (χ3n) is 2.54. The quantitative estimate of drug-likeness (QED) is 0.842. The SMILES string of the molecule is CCN(CC)S(=O)(=O)c1cc(Cl)c(C)cc1Br. The number of hydrogen-bond donors (Lipinski definition) is 0. The second kappa shape index (κ2) is 5.69. The van der Waals surface area contributed by atoms with Gasteiger partial charge >= 0.3 is 0 Å². The van der Waals surface area contributed by atoms with Crippen LogP contribution in [0.5, 0.6) is 0 Å². The van der Waals surface area contributed by atoms with Crippen LogP contribution < -0.4 is 0 Å². The van der Waals surface area contributed by atoms with Gasteiger partial charge in [0.2, 0.25) is 10.0 Å². The molecule has 0 aliphatic carbocycles. The lowest BCUT2D eigenvalue weighted by Gasteiger charge is -2.19. The molecule has 6 heteroatoms. The smallest absolute Gasteiger partial charge is 0.207 e. The molecular formula is C11H15BrClNO2S. The molecule has 0 aromatic heterocycles. The summed E-state index contributed by atoms with van der Waals surface area (Å²) >= 11 is 9.26. The molecule has 1 aromatic rings. The zero-order chi connectivity index (χ0) is 13.2. The van der Waals surface area contributed by atoms with Gasteiger partial charge in [-0.25, -0.2) is 8.42 Å². The maximum absolute atomic E-state index is 12.3. The van der Waals surface area contributed by atoms with E-state index in [1.807, 2.05) is 20.8 Å². The Morgan fingerprint density at radius 3 is 2.29 bits per heavy atom. The van der Waals surface area contributed by atoms with Gasteiger partial charge in [0.25, 0.3) is 0 Å². The van der Waals surface area contributed by atoms with Crippen LogP contribution in [-0.2, 0) is 10.0 Å². The van der Waals surface area contributed by atoms with Crippen molar-refractivity contribution in [1.82, 2.24) is 4.31 Å². The van der Waals surface area contributed by atoms with Gasteiger partial charge in [0, 0.05) is 22.6 Å². The number of halogens is 2. The summed E-state index contributed by atoms with van der Waals surface area (Å²) in [6.07, 6.45) is 0. The van der Waals surface area contributed by atoms with Crippen LogP contribution in [0.25, 0.3) is 0 Å². The fourth-order valence-corrected chi connectivity index (χ4v) is 4.36. The highest BCUT2D eigenvalue weighted by Gasteiger charge is 2.24. The lowest BCUT2D eigenvalue weighted by Crippen LogP contribution is -2.30. The fourth-order valence-electron chi connectivity index (χ4n) is 1.53. The van der Waals surface area contributed by atoms with E-state index in [0.29, 0.717) is 22.6 Å². The van der Waals surface area contributed by atoms with Crippen LogP contribution in [0.3, 0.4) is 0 Å². The Morgan fingerprint density at radius 2 is 1.82 bits per heavy atom. The lowest BCUT2D eigenvalue weighted by molar-refractivity contribution is 0.445. The molecule has 17 heavy (non-hydrogen) atoms. The third-order valence-corrected chi connectivity index (χ3v) is 5.95. The van der Waals surface area contributed by atoms with Crippen molar-refractivity contribution in [3.8, 4) is 0 Å². The molecule has 0 spiro atoms. The molecule has 0 heterocycles. The Kier molecular flexibility index (Phi) is 5.01. The monoisotopic (exact) mass is 339 g/mol. The molecule has 96 valence electrons.